The Kier molecular flexibility index (Phi) is 4.15. The van der Waals surface area contributed by atoms with Crippen molar-refractivity contribution >= 4 is 17.0 Å². The number of aromatic nitrogens is 4. The lowest BCUT2D eigenvalue weighted by Crippen LogP contribution is -2.39. The summed E-state index contributed by atoms with van der Waals surface area (Å²) >= 11 is 0. The number of hydrogen-bond donors (Lipinski definition) is 1. The zero-order valence-corrected chi connectivity index (χ0v) is 15.0. The molecule has 8 heteroatoms. The zero-order chi connectivity index (χ0) is 19.0. The van der Waals surface area contributed by atoms with E-state index < -0.39 is 11.1 Å². The van der Waals surface area contributed by atoms with Crippen LogP contribution in [0.4, 0.5) is 5.69 Å². The van der Waals surface area contributed by atoms with Crippen LogP contribution >= 0.6 is 0 Å². The van der Waals surface area contributed by atoms with E-state index in [2.05, 4.69) is 10.3 Å². The van der Waals surface area contributed by atoms with E-state index in [9.17, 15) is 9.59 Å². The number of anilines is 1. The van der Waals surface area contributed by atoms with Gasteiger partial charge in [0.2, 0.25) is 0 Å². The summed E-state index contributed by atoms with van der Waals surface area (Å²) in [6, 6.07) is 13.4. The van der Waals surface area contributed by atoms with Crippen LogP contribution in [0.2, 0.25) is 0 Å². The standard InChI is InChI=1S/C19H19N5O3/c1-22-16-17(23(2)19(26)18(22)25)24(12-14-9-6-10-27-14)15(21-16)11-20-13-7-4-3-5-8-13/h3-10,20H,11-12H2,1-2H3. The van der Waals surface area contributed by atoms with Crippen LogP contribution < -0.4 is 16.4 Å². The third-order valence-electron chi connectivity index (χ3n) is 4.55. The van der Waals surface area contributed by atoms with Crippen LogP contribution in [-0.4, -0.2) is 18.7 Å². The molecule has 0 aliphatic carbocycles. The Morgan fingerprint density at radius 2 is 1.74 bits per heavy atom. The topological polar surface area (TPSA) is 87.0 Å². The van der Waals surface area contributed by atoms with Gasteiger partial charge in [0.25, 0.3) is 0 Å². The van der Waals surface area contributed by atoms with Crippen molar-refractivity contribution < 1.29 is 4.42 Å². The van der Waals surface area contributed by atoms with Crippen LogP contribution in [0.15, 0.2) is 62.7 Å². The van der Waals surface area contributed by atoms with E-state index in [1.165, 1.54) is 9.13 Å². The van der Waals surface area contributed by atoms with E-state index in [0.717, 1.165) is 11.4 Å². The summed E-state index contributed by atoms with van der Waals surface area (Å²) in [6.45, 7) is 0.836. The summed E-state index contributed by atoms with van der Waals surface area (Å²) in [5, 5.41) is 3.32. The van der Waals surface area contributed by atoms with Gasteiger partial charge < -0.3 is 14.3 Å². The first-order chi connectivity index (χ1) is 13.1. The van der Waals surface area contributed by atoms with Crippen molar-refractivity contribution in [2.24, 2.45) is 14.1 Å². The van der Waals surface area contributed by atoms with Gasteiger partial charge in [-0.05, 0) is 24.3 Å². The van der Waals surface area contributed by atoms with Gasteiger partial charge in [-0.15, -0.1) is 0 Å². The maximum atomic E-state index is 12.3. The first kappa shape index (κ1) is 16.9. The highest BCUT2D eigenvalue weighted by Crippen LogP contribution is 2.17. The average Bonchev–Trinajstić information content (AvgIpc) is 3.32. The maximum absolute atomic E-state index is 12.3. The minimum absolute atomic E-state index is 0.404. The number of nitrogens with one attached hydrogen (secondary N) is 1. The molecular formula is C19H19N5O3. The summed E-state index contributed by atoms with van der Waals surface area (Å²) in [7, 11) is 3.14. The van der Waals surface area contributed by atoms with Gasteiger partial charge in [-0.1, -0.05) is 18.2 Å². The fraction of sp³-hybridized carbons (Fsp3) is 0.211. The van der Waals surface area contributed by atoms with Gasteiger partial charge in [0.05, 0.1) is 19.4 Å². The average molecular weight is 365 g/mol. The van der Waals surface area contributed by atoms with E-state index >= 15 is 0 Å². The molecule has 0 aliphatic rings. The summed E-state index contributed by atoms with van der Waals surface area (Å²) in [6.07, 6.45) is 1.60. The molecule has 1 N–H and O–H groups in total. The van der Waals surface area contributed by atoms with Crippen LogP contribution in [0.1, 0.15) is 11.6 Å². The van der Waals surface area contributed by atoms with Crippen LogP contribution in [0.25, 0.3) is 11.3 Å². The smallest absolute Gasteiger partial charge is 0.317 e. The number of fused-ring (bicyclic) bond motifs is 1. The lowest BCUT2D eigenvalue weighted by molar-refractivity contribution is 0.490. The molecule has 4 aromatic rings. The van der Waals surface area contributed by atoms with Crippen LogP contribution in [-0.2, 0) is 27.2 Å². The molecule has 138 valence electrons. The molecule has 3 heterocycles. The van der Waals surface area contributed by atoms with Gasteiger partial charge in [0, 0.05) is 19.8 Å². The third-order valence-corrected chi connectivity index (χ3v) is 4.55. The molecule has 27 heavy (non-hydrogen) atoms. The Morgan fingerprint density at radius 1 is 1.00 bits per heavy atom. The number of nitrogens with zero attached hydrogens (tertiary/aromatic N) is 4. The Labute approximate surface area is 154 Å². The summed E-state index contributed by atoms with van der Waals surface area (Å²) < 4.78 is 10.0. The third kappa shape index (κ3) is 2.95. The van der Waals surface area contributed by atoms with Crippen LogP contribution in [0.5, 0.6) is 0 Å². The highest BCUT2D eigenvalue weighted by molar-refractivity contribution is 5.68. The molecule has 1 aromatic carbocycles. The fourth-order valence-corrected chi connectivity index (χ4v) is 3.11. The number of benzene rings is 1. The first-order valence-electron chi connectivity index (χ1n) is 8.52. The number of hydrogen-bond acceptors (Lipinski definition) is 5. The largest absolute Gasteiger partial charge is 0.467 e. The summed E-state index contributed by atoms with van der Waals surface area (Å²) in [5.74, 6) is 1.43. The number of aryl methyl sites for hydroxylation is 2. The molecule has 0 radical (unpaired) electrons. The monoisotopic (exact) mass is 365 g/mol. The van der Waals surface area contributed by atoms with E-state index in [4.69, 9.17) is 4.42 Å². The number of imidazole rings is 1. The van der Waals surface area contributed by atoms with Crippen molar-refractivity contribution in [3.8, 4) is 0 Å². The Hall–Kier alpha value is -3.55. The van der Waals surface area contributed by atoms with Gasteiger partial charge >= 0.3 is 11.1 Å². The molecule has 0 atom stereocenters. The molecule has 0 spiro atoms. The highest BCUT2D eigenvalue weighted by Gasteiger charge is 2.19. The van der Waals surface area contributed by atoms with Crippen molar-refractivity contribution in [1.29, 1.82) is 0 Å². The zero-order valence-electron chi connectivity index (χ0n) is 15.0. The summed E-state index contributed by atoms with van der Waals surface area (Å²) in [4.78, 5) is 29.1. The Bertz CT molecular complexity index is 1200. The van der Waals surface area contributed by atoms with E-state index in [-0.39, 0.29) is 0 Å². The van der Waals surface area contributed by atoms with Gasteiger partial charge in [0.15, 0.2) is 11.3 Å². The van der Waals surface area contributed by atoms with E-state index in [0.29, 0.717) is 30.2 Å². The molecule has 0 amide bonds. The fourth-order valence-electron chi connectivity index (χ4n) is 3.11. The normalized spacial score (nSPS) is 11.2. The van der Waals surface area contributed by atoms with E-state index in [1.54, 1.807) is 20.4 Å². The Balaban J connectivity index is 1.86. The lowest BCUT2D eigenvalue weighted by Gasteiger charge is -2.11. The Morgan fingerprint density at radius 3 is 2.44 bits per heavy atom. The lowest BCUT2D eigenvalue weighted by atomic mass is 10.3. The second-order valence-electron chi connectivity index (χ2n) is 6.29. The highest BCUT2D eigenvalue weighted by atomic mass is 16.3. The van der Waals surface area contributed by atoms with Crippen molar-refractivity contribution in [2.75, 3.05) is 5.32 Å². The number of rotatable bonds is 5. The van der Waals surface area contributed by atoms with Gasteiger partial charge in [-0.25, -0.2) is 4.98 Å². The van der Waals surface area contributed by atoms with Gasteiger partial charge in [0.1, 0.15) is 11.6 Å². The van der Waals surface area contributed by atoms with Crippen molar-refractivity contribution in [3.05, 3.63) is 81.0 Å². The minimum Gasteiger partial charge on any atom is -0.467 e. The molecule has 0 fully saturated rings. The SMILES string of the molecule is Cn1c(=O)c(=O)n(C)c2c1nc(CNc1ccccc1)n2Cc1ccco1. The molecular weight excluding hydrogens is 346 g/mol. The first-order valence-corrected chi connectivity index (χ1v) is 8.52. The molecule has 0 unspecified atom stereocenters. The molecule has 0 saturated carbocycles. The molecule has 0 saturated heterocycles. The predicted octanol–water partition coefficient (Wildman–Crippen LogP) is 1.69. The number of furan rings is 1. The van der Waals surface area contributed by atoms with Crippen molar-refractivity contribution in [3.63, 3.8) is 0 Å². The second kappa shape index (κ2) is 6.64. The maximum Gasteiger partial charge on any atom is 0.317 e. The van der Waals surface area contributed by atoms with Crippen LogP contribution in [0, 0.1) is 0 Å². The van der Waals surface area contributed by atoms with Gasteiger partial charge in [-0.3, -0.25) is 18.7 Å². The number of para-hydroxylation sites is 1. The van der Waals surface area contributed by atoms with Gasteiger partial charge in [-0.2, -0.15) is 0 Å². The molecule has 0 bridgehead atoms. The van der Waals surface area contributed by atoms with Crippen LogP contribution in [0.3, 0.4) is 0 Å². The second-order valence-corrected chi connectivity index (χ2v) is 6.29. The molecule has 0 aliphatic heterocycles. The molecule has 3 aromatic heterocycles. The van der Waals surface area contributed by atoms with E-state index in [1.807, 2.05) is 47.0 Å². The minimum atomic E-state index is -0.602. The molecule has 8 nitrogen and oxygen atoms in total. The van der Waals surface area contributed by atoms with Crippen molar-refractivity contribution in [1.82, 2.24) is 18.7 Å². The predicted molar refractivity (Wildman–Crippen MR) is 102 cm³/mol. The quantitative estimate of drug-likeness (QED) is 0.544. The van der Waals surface area contributed by atoms with Crippen molar-refractivity contribution in [2.45, 2.75) is 13.1 Å². The summed E-state index contributed by atoms with van der Waals surface area (Å²) in [5.41, 5.74) is 0.794. The molecule has 4 rings (SSSR count).